The third-order valence-electron chi connectivity index (χ3n) is 4.44. The Kier molecular flexibility index (Phi) is 2.57. The Hall–Kier alpha value is -0.850. The molecule has 0 amide bonds. The van der Waals surface area contributed by atoms with Gasteiger partial charge < -0.3 is 0 Å². The molecular weight excluding hydrogens is 184 g/mol. The Bertz CT molecular complexity index is 326. The molecule has 2 rings (SSSR count). The van der Waals surface area contributed by atoms with Gasteiger partial charge in [-0.1, -0.05) is 25.2 Å². The second kappa shape index (κ2) is 3.62. The van der Waals surface area contributed by atoms with E-state index in [-0.39, 0.29) is 5.41 Å². The topological polar surface area (TPSA) is 17.1 Å². The predicted molar refractivity (Wildman–Crippen MR) is 62.5 cm³/mol. The predicted octanol–water partition coefficient (Wildman–Crippen LogP) is 3.51. The maximum absolute atomic E-state index is 12.0. The van der Waals surface area contributed by atoms with Gasteiger partial charge in [0.15, 0.2) is 5.78 Å². The van der Waals surface area contributed by atoms with Crippen LogP contribution >= 0.6 is 0 Å². The van der Waals surface area contributed by atoms with Crippen molar-refractivity contribution in [1.82, 2.24) is 0 Å². The number of allylic oxidation sites excluding steroid dienone is 3. The van der Waals surface area contributed by atoms with Gasteiger partial charge in [-0.15, -0.1) is 0 Å². The van der Waals surface area contributed by atoms with Crippen molar-refractivity contribution in [3.63, 3.8) is 0 Å². The van der Waals surface area contributed by atoms with Gasteiger partial charge in [-0.2, -0.15) is 0 Å². The van der Waals surface area contributed by atoms with Crippen LogP contribution in [0.1, 0.15) is 39.5 Å². The van der Waals surface area contributed by atoms with Crippen LogP contribution in [0.2, 0.25) is 0 Å². The van der Waals surface area contributed by atoms with Gasteiger partial charge in [0.05, 0.1) is 0 Å². The van der Waals surface area contributed by atoms with Crippen molar-refractivity contribution in [2.24, 2.45) is 17.3 Å². The fraction of sp³-hybridized carbons (Fsp3) is 0.643. The third kappa shape index (κ3) is 1.58. The molecule has 0 aliphatic heterocycles. The molecule has 0 unspecified atom stereocenters. The summed E-state index contributed by atoms with van der Waals surface area (Å²) < 4.78 is 0. The lowest BCUT2D eigenvalue weighted by molar-refractivity contribution is -0.128. The molecule has 15 heavy (non-hydrogen) atoms. The van der Waals surface area contributed by atoms with E-state index in [0.29, 0.717) is 17.6 Å². The zero-order chi connectivity index (χ0) is 11.1. The summed E-state index contributed by atoms with van der Waals surface area (Å²) in [5.41, 5.74) is 1.18. The molecule has 0 radical (unpaired) electrons. The standard InChI is InChI=1S/C14H20O/c1-10(2)12-7-6-11(3)14(9-12)8-4-5-13(14)15/h4-5,11-12H,1,6-9H2,2-3H3/t11-,12-,14+/m1/s1. The van der Waals surface area contributed by atoms with Gasteiger partial charge in [0, 0.05) is 5.41 Å². The van der Waals surface area contributed by atoms with E-state index in [0.717, 1.165) is 12.8 Å². The van der Waals surface area contributed by atoms with Gasteiger partial charge in [-0.3, -0.25) is 4.79 Å². The molecule has 1 saturated carbocycles. The molecule has 0 aromatic heterocycles. The highest BCUT2D eigenvalue weighted by molar-refractivity contribution is 5.97. The Morgan fingerprint density at radius 3 is 2.80 bits per heavy atom. The van der Waals surface area contributed by atoms with Crippen LogP contribution in [0.15, 0.2) is 24.3 Å². The average molecular weight is 204 g/mol. The van der Waals surface area contributed by atoms with Crippen LogP contribution in [0.4, 0.5) is 0 Å². The van der Waals surface area contributed by atoms with Crippen molar-refractivity contribution in [1.29, 1.82) is 0 Å². The van der Waals surface area contributed by atoms with Gasteiger partial charge >= 0.3 is 0 Å². The van der Waals surface area contributed by atoms with E-state index in [1.807, 2.05) is 0 Å². The monoisotopic (exact) mass is 204 g/mol. The molecule has 3 atom stereocenters. The van der Waals surface area contributed by atoms with Crippen LogP contribution in [-0.4, -0.2) is 5.78 Å². The lowest BCUT2D eigenvalue weighted by atomic mass is 9.61. The third-order valence-corrected chi connectivity index (χ3v) is 4.44. The van der Waals surface area contributed by atoms with Crippen LogP contribution in [0.3, 0.4) is 0 Å². The first-order valence-corrected chi connectivity index (χ1v) is 5.92. The molecule has 2 aliphatic rings. The summed E-state index contributed by atoms with van der Waals surface area (Å²) >= 11 is 0. The van der Waals surface area contributed by atoms with Gasteiger partial charge in [-0.05, 0) is 50.5 Å². The summed E-state index contributed by atoms with van der Waals surface area (Å²) in [6, 6.07) is 0. The number of hydrogen-bond donors (Lipinski definition) is 0. The number of carbonyl (C=O) groups excluding carboxylic acids is 1. The first-order chi connectivity index (χ1) is 7.06. The highest BCUT2D eigenvalue weighted by atomic mass is 16.1. The molecule has 0 heterocycles. The minimum atomic E-state index is -0.0676. The Labute approximate surface area is 92.3 Å². The molecule has 1 heteroatoms. The zero-order valence-electron chi connectivity index (χ0n) is 9.75. The minimum absolute atomic E-state index is 0.0676. The Morgan fingerprint density at radius 2 is 2.27 bits per heavy atom. The van der Waals surface area contributed by atoms with Gasteiger partial charge in [0.25, 0.3) is 0 Å². The maximum atomic E-state index is 12.0. The number of hydrogen-bond acceptors (Lipinski definition) is 1. The molecule has 0 aromatic rings. The van der Waals surface area contributed by atoms with Crippen molar-refractivity contribution in [2.75, 3.05) is 0 Å². The largest absolute Gasteiger partial charge is 0.294 e. The van der Waals surface area contributed by atoms with Crippen molar-refractivity contribution in [2.45, 2.75) is 39.5 Å². The fourth-order valence-electron chi connectivity index (χ4n) is 3.16. The molecule has 1 fully saturated rings. The van der Waals surface area contributed by atoms with Crippen molar-refractivity contribution in [3.05, 3.63) is 24.3 Å². The van der Waals surface area contributed by atoms with Crippen molar-refractivity contribution >= 4 is 5.78 Å². The second-order valence-corrected chi connectivity index (χ2v) is 5.35. The van der Waals surface area contributed by atoms with E-state index in [1.54, 1.807) is 6.08 Å². The molecule has 1 spiro atoms. The van der Waals surface area contributed by atoms with E-state index in [2.05, 4.69) is 26.5 Å². The lowest BCUT2D eigenvalue weighted by Crippen LogP contribution is -2.39. The fourth-order valence-corrected chi connectivity index (χ4v) is 3.16. The SMILES string of the molecule is C=C(C)[C@@H]1CC[C@@H](C)[C@]2(CC=CC2=O)C1. The Balaban J connectivity index is 2.22. The molecular formula is C14H20O. The number of ketones is 1. The van der Waals surface area contributed by atoms with Gasteiger partial charge in [0.1, 0.15) is 0 Å². The smallest absolute Gasteiger partial charge is 0.162 e. The summed E-state index contributed by atoms with van der Waals surface area (Å²) in [5.74, 6) is 1.46. The first-order valence-electron chi connectivity index (χ1n) is 5.92. The minimum Gasteiger partial charge on any atom is -0.294 e. The van der Waals surface area contributed by atoms with E-state index in [1.165, 1.54) is 18.4 Å². The lowest BCUT2D eigenvalue weighted by Gasteiger charge is -2.42. The summed E-state index contributed by atoms with van der Waals surface area (Å²) in [5, 5.41) is 0. The number of rotatable bonds is 1. The summed E-state index contributed by atoms with van der Waals surface area (Å²) in [4.78, 5) is 12.0. The molecule has 0 saturated heterocycles. The molecule has 0 bridgehead atoms. The zero-order valence-corrected chi connectivity index (χ0v) is 9.75. The van der Waals surface area contributed by atoms with Crippen molar-refractivity contribution in [3.8, 4) is 0 Å². The van der Waals surface area contributed by atoms with Crippen LogP contribution in [-0.2, 0) is 4.79 Å². The van der Waals surface area contributed by atoms with Crippen molar-refractivity contribution < 1.29 is 4.79 Å². The van der Waals surface area contributed by atoms with Crippen LogP contribution in [0.25, 0.3) is 0 Å². The molecule has 1 nitrogen and oxygen atoms in total. The van der Waals surface area contributed by atoms with E-state index < -0.39 is 0 Å². The van der Waals surface area contributed by atoms with Crippen LogP contribution in [0.5, 0.6) is 0 Å². The summed E-state index contributed by atoms with van der Waals surface area (Å²) in [7, 11) is 0. The average Bonchev–Trinajstić information content (AvgIpc) is 2.54. The maximum Gasteiger partial charge on any atom is 0.162 e. The highest BCUT2D eigenvalue weighted by Gasteiger charge is 2.47. The molecule has 0 N–H and O–H groups in total. The van der Waals surface area contributed by atoms with Gasteiger partial charge in [-0.25, -0.2) is 0 Å². The van der Waals surface area contributed by atoms with E-state index in [4.69, 9.17) is 0 Å². The van der Waals surface area contributed by atoms with E-state index in [9.17, 15) is 4.79 Å². The summed E-state index contributed by atoms with van der Waals surface area (Å²) in [6.07, 6.45) is 8.21. The van der Waals surface area contributed by atoms with Crippen LogP contribution in [0, 0.1) is 17.3 Å². The molecule has 0 aromatic carbocycles. The molecule has 2 aliphatic carbocycles. The quantitative estimate of drug-likeness (QED) is 0.597. The van der Waals surface area contributed by atoms with Crippen LogP contribution < -0.4 is 0 Å². The van der Waals surface area contributed by atoms with Gasteiger partial charge in [0.2, 0.25) is 0 Å². The first kappa shape index (κ1) is 10.7. The second-order valence-electron chi connectivity index (χ2n) is 5.35. The highest BCUT2D eigenvalue weighted by Crippen LogP contribution is 2.50. The Morgan fingerprint density at radius 1 is 1.53 bits per heavy atom. The summed E-state index contributed by atoms with van der Waals surface area (Å²) in [6.45, 7) is 8.39. The normalized spacial score (nSPS) is 40.0. The number of carbonyl (C=O) groups is 1. The van der Waals surface area contributed by atoms with E-state index >= 15 is 0 Å². The molecule has 82 valence electrons.